The molecule has 0 N–H and O–H groups in total. The minimum atomic E-state index is 0.662. The summed E-state index contributed by atoms with van der Waals surface area (Å²) in [5.74, 6) is 1.33. The summed E-state index contributed by atoms with van der Waals surface area (Å²) in [6.45, 7) is 7.71. The Morgan fingerprint density at radius 3 is 2.41 bits per heavy atom. The number of benzene rings is 2. The first-order valence-electron chi connectivity index (χ1n) is 10.0. The van der Waals surface area contributed by atoms with Gasteiger partial charge in [-0.2, -0.15) is 10.2 Å². The average molecular weight is 387 g/mol. The van der Waals surface area contributed by atoms with Crippen LogP contribution in [0.5, 0.6) is 0 Å². The molecule has 1 aromatic heterocycles. The fraction of sp³-hybridized carbons (Fsp3) is 0.348. The lowest BCUT2D eigenvalue weighted by Gasteiger charge is -2.21. The quantitative estimate of drug-likeness (QED) is 0.666. The van der Waals surface area contributed by atoms with Gasteiger partial charge in [0.2, 0.25) is 11.7 Å². The van der Waals surface area contributed by atoms with E-state index in [0.717, 1.165) is 50.3 Å². The van der Waals surface area contributed by atoms with Gasteiger partial charge in [-0.25, -0.2) is 0 Å². The smallest absolute Gasteiger partial charge is 0.241 e. The number of rotatable bonds is 5. The Bertz CT molecular complexity index is 989. The van der Waals surface area contributed by atoms with Gasteiger partial charge in [0.05, 0.1) is 18.2 Å². The second kappa shape index (κ2) is 8.99. The van der Waals surface area contributed by atoms with Crippen molar-refractivity contribution in [3.05, 3.63) is 71.1 Å². The summed E-state index contributed by atoms with van der Waals surface area (Å²) in [5.41, 5.74) is 4.12. The molecule has 1 saturated heterocycles. The van der Waals surface area contributed by atoms with Gasteiger partial charge in [-0.05, 0) is 49.7 Å². The predicted octanol–water partition coefficient (Wildman–Crippen LogP) is 3.62. The van der Waals surface area contributed by atoms with E-state index < -0.39 is 0 Å². The lowest BCUT2D eigenvalue weighted by Crippen LogP contribution is -2.30. The largest absolute Gasteiger partial charge is 0.338 e. The molecule has 4 rings (SSSR count). The van der Waals surface area contributed by atoms with E-state index in [1.807, 2.05) is 42.5 Å². The second-order valence-electron chi connectivity index (χ2n) is 7.54. The van der Waals surface area contributed by atoms with Gasteiger partial charge in [0.15, 0.2) is 0 Å². The van der Waals surface area contributed by atoms with Crippen LogP contribution in [0.1, 0.15) is 29.0 Å². The molecule has 0 unspecified atom stereocenters. The summed E-state index contributed by atoms with van der Waals surface area (Å²) in [7, 11) is 0. The molecular weight excluding hydrogens is 362 g/mol. The molecule has 0 aliphatic carbocycles. The Hall–Kier alpha value is -3.01. The Morgan fingerprint density at radius 1 is 0.966 bits per heavy atom. The van der Waals surface area contributed by atoms with Crippen molar-refractivity contribution in [2.75, 3.05) is 26.2 Å². The summed E-state index contributed by atoms with van der Waals surface area (Å²) >= 11 is 0. The summed E-state index contributed by atoms with van der Waals surface area (Å²) in [6.07, 6.45) is 1.11. The van der Waals surface area contributed by atoms with E-state index in [1.165, 1.54) is 5.56 Å². The van der Waals surface area contributed by atoms with E-state index in [4.69, 9.17) is 9.78 Å². The maximum atomic E-state index is 8.93. The van der Waals surface area contributed by atoms with Crippen LogP contribution in [0, 0.1) is 18.3 Å². The monoisotopic (exact) mass is 387 g/mol. The zero-order valence-corrected chi connectivity index (χ0v) is 16.7. The summed E-state index contributed by atoms with van der Waals surface area (Å²) < 4.78 is 5.52. The molecule has 1 aliphatic rings. The van der Waals surface area contributed by atoms with Crippen molar-refractivity contribution in [2.24, 2.45) is 0 Å². The SMILES string of the molecule is Cc1ccccc1-c1noc(CN2CCCN(Cc3ccc(C#N)cc3)CC2)n1. The van der Waals surface area contributed by atoms with Crippen LogP contribution in [0.3, 0.4) is 0 Å². The zero-order valence-electron chi connectivity index (χ0n) is 16.7. The van der Waals surface area contributed by atoms with Crippen LogP contribution in [0.2, 0.25) is 0 Å². The van der Waals surface area contributed by atoms with Gasteiger partial charge in [-0.1, -0.05) is 41.6 Å². The van der Waals surface area contributed by atoms with Gasteiger partial charge in [-0.15, -0.1) is 0 Å². The standard InChI is InChI=1S/C23H25N5O/c1-18-5-2-3-6-21(18)23-25-22(29-26-23)17-28-12-4-11-27(13-14-28)16-20-9-7-19(15-24)8-10-20/h2-3,5-10H,4,11-14,16-17H2,1H3. The van der Waals surface area contributed by atoms with Crippen molar-refractivity contribution in [1.29, 1.82) is 5.26 Å². The van der Waals surface area contributed by atoms with Crippen molar-refractivity contribution >= 4 is 0 Å². The highest BCUT2D eigenvalue weighted by atomic mass is 16.5. The first kappa shape index (κ1) is 19.3. The molecule has 0 amide bonds. The van der Waals surface area contributed by atoms with Crippen LogP contribution in [-0.2, 0) is 13.1 Å². The molecule has 0 spiro atoms. The highest BCUT2D eigenvalue weighted by Crippen LogP contribution is 2.20. The fourth-order valence-electron chi connectivity index (χ4n) is 3.73. The number of aryl methyl sites for hydroxylation is 1. The van der Waals surface area contributed by atoms with Gasteiger partial charge < -0.3 is 4.52 Å². The van der Waals surface area contributed by atoms with Crippen molar-refractivity contribution in [2.45, 2.75) is 26.4 Å². The highest BCUT2D eigenvalue weighted by molar-refractivity contribution is 5.58. The third-order valence-electron chi connectivity index (χ3n) is 5.38. The third-order valence-corrected chi connectivity index (χ3v) is 5.38. The molecule has 0 bridgehead atoms. The van der Waals surface area contributed by atoms with Crippen molar-refractivity contribution in [3.8, 4) is 17.5 Å². The Morgan fingerprint density at radius 2 is 1.69 bits per heavy atom. The van der Waals surface area contributed by atoms with Crippen molar-refractivity contribution in [3.63, 3.8) is 0 Å². The van der Waals surface area contributed by atoms with Crippen molar-refractivity contribution in [1.82, 2.24) is 19.9 Å². The summed E-state index contributed by atoms with van der Waals surface area (Å²) in [6, 6.07) is 18.1. The van der Waals surface area contributed by atoms with E-state index in [0.29, 0.717) is 23.8 Å². The first-order valence-corrected chi connectivity index (χ1v) is 10.0. The minimum Gasteiger partial charge on any atom is -0.338 e. The minimum absolute atomic E-state index is 0.662. The van der Waals surface area contributed by atoms with Crippen LogP contribution in [0.25, 0.3) is 11.4 Å². The van der Waals surface area contributed by atoms with Crippen LogP contribution >= 0.6 is 0 Å². The molecule has 1 fully saturated rings. The van der Waals surface area contributed by atoms with Crippen LogP contribution < -0.4 is 0 Å². The first-order chi connectivity index (χ1) is 14.2. The van der Waals surface area contributed by atoms with E-state index in [9.17, 15) is 0 Å². The van der Waals surface area contributed by atoms with Gasteiger partial charge in [0.25, 0.3) is 0 Å². The van der Waals surface area contributed by atoms with Crippen LogP contribution in [0.4, 0.5) is 0 Å². The van der Waals surface area contributed by atoms with Crippen LogP contribution in [0.15, 0.2) is 53.1 Å². The lowest BCUT2D eigenvalue weighted by molar-refractivity contribution is 0.222. The van der Waals surface area contributed by atoms with E-state index in [2.05, 4.69) is 39.0 Å². The topological polar surface area (TPSA) is 69.2 Å². The van der Waals surface area contributed by atoms with E-state index >= 15 is 0 Å². The van der Waals surface area contributed by atoms with Gasteiger partial charge in [0.1, 0.15) is 0 Å². The molecular formula is C23H25N5O. The molecule has 3 aromatic rings. The molecule has 2 aromatic carbocycles. The number of hydrogen-bond acceptors (Lipinski definition) is 6. The average Bonchev–Trinajstić information content (AvgIpc) is 3.09. The zero-order chi connectivity index (χ0) is 20.1. The van der Waals surface area contributed by atoms with Gasteiger partial charge in [-0.3, -0.25) is 9.80 Å². The van der Waals surface area contributed by atoms with E-state index in [-0.39, 0.29) is 0 Å². The maximum Gasteiger partial charge on any atom is 0.241 e. The fourth-order valence-corrected chi connectivity index (χ4v) is 3.73. The van der Waals surface area contributed by atoms with Crippen LogP contribution in [-0.4, -0.2) is 46.1 Å². The third kappa shape index (κ3) is 4.89. The molecule has 1 aliphatic heterocycles. The number of aromatic nitrogens is 2. The van der Waals surface area contributed by atoms with Crippen molar-refractivity contribution < 1.29 is 4.52 Å². The molecule has 0 atom stereocenters. The van der Waals surface area contributed by atoms with Gasteiger partial charge >= 0.3 is 0 Å². The number of nitrogens with zero attached hydrogens (tertiary/aromatic N) is 5. The molecule has 6 nitrogen and oxygen atoms in total. The summed E-state index contributed by atoms with van der Waals surface area (Å²) in [5, 5.41) is 13.1. The maximum absolute atomic E-state index is 8.93. The normalized spacial score (nSPS) is 15.7. The molecule has 6 heteroatoms. The second-order valence-corrected chi connectivity index (χ2v) is 7.54. The molecule has 0 saturated carbocycles. The lowest BCUT2D eigenvalue weighted by atomic mass is 10.1. The molecule has 0 radical (unpaired) electrons. The number of hydrogen-bond donors (Lipinski definition) is 0. The Balaban J connectivity index is 1.33. The van der Waals surface area contributed by atoms with E-state index in [1.54, 1.807) is 0 Å². The molecule has 2 heterocycles. The Labute approximate surface area is 171 Å². The summed E-state index contributed by atoms with van der Waals surface area (Å²) in [4.78, 5) is 9.46. The predicted molar refractivity (Wildman–Crippen MR) is 111 cm³/mol. The molecule has 148 valence electrons. The van der Waals surface area contributed by atoms with Gasteiger partial charge in [0, 0.05) is 25.2 Å². The Kier molecular flexibility index (Phi) is 5.99. The highest BCUT2D eigenvalue weighted by Gasteiger charge is 2.18. The number of nitriles is 1. The molecule has 29 heavy (non-hydrogen) atoms.